The molecule has 0 saturated heterocycles. The van der Waals surface area contributed by atoms with Crippen molar-refractivity contribution in [2.45, 2.75) is 39.2 Å². The molecule has 1 heterocycles. The molecule has 0 saturated carbocycles. The molecule has 1 aliphatic rings. The van der Waals surface area contributed by atoms with E-state index < -0.39 is 5.82 Å². The molecule has 0 bridgehead atoms. The molecule has 6 heteroatoms. The number of fused-ring (bicyclic) bond motifs is 1. The van der Waals surface area contributed by atoms with E-state index in [1.165, 1.54) is 17.2 Å². The largest absolute Gasteiger partial charge is 0.380 e. The molecule has 0 aromatic heterocycles. The lowest BCUT2D eigenvalue weighted by Gasteiger charge is -2.16. The highest BCUT2D eigenvalue weighted by molar-refractivity contribution is 6.33. The summed E-state index contributed by atoms with van der Waals surface area (Å²) in [5, 5.41) is 10.2. The molecule has 0 fully saturated rings. The van der Waals surface area contributed by atoms with Gasteiger partial charge < -0.3 is 16.0 Å². The van der Waals surface area contributed by atoms with Gasteiger partial charge in [0.25, 0.3) is 5.91 Å². The van der Waals surface area contributed by atoms with Crippen LogP contribution in [0.15, 0.2) is 30.3 Å². The number of carbonyl (C=O) groups is 1. The lowest BCUT2D eigenvalue weighted by molar-refractivity contribution is 0.0949. The first kappa shape index (κ1) is 20.6. The van der Waals surface area contributed by atoms with E-state index in [9.17, 15) is 9.18 Å². The molecular formula is C22H27ClFN3O. The van der Waals surface area contributed by atoms with Crippen LogP contribution in [0, 0.1) is 5.82 Å². The van der Waals surface area contributed by atoms with Gasteiger partial charge in [0.1, 0.15) is 5.82 Å². The second-order valence-electron chi connectivity index (χ2n) is 7.09. The number of halogens is 2. The molecule has 28 heavy (non-hydrogen) atoms. The summed E-state index contributed by atoms with van der Waals surface area (Å²) in [6.45, 7) is 4.92. The Bertz CT molecular complexity index is 841. The van der Waals surface area contributed by atoms with Crippen molar-refractivity contribution in [2.24, 2.45) is 0 Å². The summed E-state index contributed by atoms with van der Waals surface area (Å²) in [7, 11) is 0. The zero-order chi connectivity index (χ0) is 19.9. The van der Waals surface area contributed by atoms with E-state index in [1.54, 1.807) is 12.1 Å². The van der Waals surface area contributed by atoms with Gasteiger partial charge >= 0.3 is 0 Å². The maximum atomic E-state index is 14.4. The van der Waals surface area contributed by atoms with E-state index >= 15 is 0 Å². The average Bonchev–Trinajstić information content (AvgIpc) is 2.93. The number of nitrogens with one attached hydrogen (secondary N) is 3. The zero-order valence-electron chi connectivity index (χ0n) is 16.2. The van der Waals surface area contributed by atoms with Crippen molar-refractivity contribution >= 4 is 23.2 Å². The number of amides is 1. The van der Waals surface area contributed by atoms with Crippen LogP contribution in [0.5, 0.6) is 0 Å². The molecule has 2 aromatic carbocycles. The predicted molar refractivity (Wildman–Crippen MR) is 113 cm³/mol. The van der Waals surface area contributed by atoms with Crippen molar-refractivity contribution < 1.29 is 9.18 Å². The lowest BCUT2D eigenvalue weighted by atomic mass is 10.0. The summed E-state index contributed by atoms with van der Waals surface area (Å²) in [6.07, 6.45) is 3.74. The molecule has 4 nitrogen and oxygen atoms in total. The Morgan fingerprint density at radius 1 is 1.21 bits per heavy atom. The average molecular weight is 404 g/mol. The van der Waals surface area contributed by atoms with Crippen molar-refractivity contribution in [2.75, 3.05) is 25.0 Å². The Balaban J connectivity index is 1.70. The van der Waals surface area contributed by atoms with Crippen molar-refractivity contribution in [3.63, 3.8) is 0 Å². The van der Waals surface area contributed by atoms with Gasteiger partial charge in [-0.15, -0.1) is 0 Å². The third-order valence-electron chi connectivity index (χ3n) is 5.05. The van der Waals surface area contributed by atoms with Gasteiger partial charge in [0.15, 0.2) is 0 Å². The fraction of sp³-hybridized carbons (Fsp3) is 0.409. The van der Waals surface area contributed by atoms with Crippen LogP contribution in [0.25, 0.3) is 0 Å². The van der Waals surface area contributed by atoms with E-state index in [0.29, 0.717) is 18.1 Å². The second-order valence-corrected chi connectivity index (χ2v) is 7.49. The van der Waals surface area contributed by atoms with Gasteiger partial charge in [0, 0.05) is 13.1 Å². The Hall–Kier alpha value is -2.11. The summed E-state index contributed by atoms with van der Waals surface area (Å²) in [5.41, 5.74) is 4.29. The van der Waals surface area contributed by atoms with Crippen LogP contribution in [-0.4, -0.2) is 25.5 Å². The van der Waals surface area contributed by atoms with Gasteiger partial charge in [-0.1, -0.05) is 37.1 Å². The van der Waals surface area contributed by atoms with E-state index in [0.717, 1.165) is 50.0 Å². The van der Waals surface area contributed by atoms with Gasteiger partial charge in [0.2, 0.25) is 0 Å². The molecule has 3 rings (SSSR count). The molecule has 0 unspecified atom stereocenters. The first-order valence-corrected chi connectivity index (χ1v) is 10.3. The number of rotatable bonds is 7. The quantitative estimate of drug-likeness (QED) is 0.604. The Labute approximate surface area is 170 Å². The molecule has 0 aliphatic carbocycles. The minimum absolute atomic E-state index is 0.0811. The molecular weight excluding hydrogens is 377 g/mol. The van der Waals surface area contributed by atoms with Crippen molar-refractivity contribution in [1.82, 2.24) is 10.6 Å². The van der Waals surface area contributed by atoms with Crippen LogP contribution in [0.3, 0.4) is 0 Å². The standard InChI is InChI=1S/C22H27ClFN3O/c1-2-3-10-26-22(28)18-6-4-15(13-20(18)24)14-27-21-17-9-12-25-11-8-16(17)5-7-19(21)23/h4-7,13,25,27H,2-3,8-12,14H2,1H3,(H,26,28). The number of unbranched alkanes of at least 4 members (excludes halogenated alkanes) is 1. The van der Waals surface area contributed by atoms with Crippen LogP contribution in [0.2, 0.25) is 5.02 Å². The summed E-state index contributed by atoms with van der Waals surface area (Å²) in [4.78, 5) is 12.1. The normalized spacial score (nSPS) is 13.5. The van der Waals surface area contributed by atoms with Gasteiger partial charge in [-0.3, -0.25) is 4.79 Å². The topological polar surface area (TPSA) is 53.2 Å². The summed E-state index contributed by atoms with van der Waals surface area (Å²) in [6, 6.07) is 8.74. The predicted octanol–water partition coefficient (Wildman–Crippen LogP) is 4.31. The van der Waals surface area contributed by atoms with Gasteiger partial charge in [-0.2, -0.15) is 0 Å². The van der Waals surface area contributed by atoms with Crippen molar-refractivity contribution in [3.05, 3.63) is 63.4 Å². The smallest absolute Gasteiger partial charge is 0.254 e. The number of hydrogen-bond donors (Lipinski definition) is 3. The number of hydrogen-bond acceptors (Lipinski definition) is 3. The number of anilines is 1. The van der Waals surface area contributed by atoms with Crippen molar-refractivity contribution in [3.8, 4) is 0 Å². The molecule has 0 radical (unpaired) electrons. The van der Waals surface area contributed by atoms with Crippen LogP contribution < -0.4 is 16.0 Å². The molecule has 1 amide bonds. The Morgan fingerprint density at radius 2 is 2.04 bits per heavy atom. The maximum absolute atomic E-state index is 14.4. The first-order valence-electron chi connectivity index (χ1n) is 9.91. The second kappa shape index (κ2) is 9.89. The highest BCUT2D eigenvalue weighted by atomic mass is 35.5. The zero-order valence-corrected chi connectivity index (χ0v) is 17.0. The minimum atomic E-state index is -0.504. The number of benzene rings is 2. The highest BCUT2D eigenvalue weighted by Crippen LogP contribution is 2.31. The Morgan fingerprint density at radius 3 is 2.82 bits per heavy atom. The molecule has 150 valence electrons. The fourth-order valence-electron chi connectivity index (χ4n) is 3.45. The van der Waals surface area contributed by atoms with Gasteiger partial charge in [-0.05, 0) is 67.2 Å². The summed E-state index contributed by atoms with van der Waals surface area (Å²) in [5.74, 6) is -0.870. The van der Waals surface area contributed by atoms with Gasteiger partial charge in [0.05, 0.1) is 16.3 Å². The summed E-state index contributed by atoms with van der Waals surface area (Å²) < 4.78 is 14.4. The maximum Gasteiger partial charge on any atom is 0.254 e. The monoisotopic (exact) mass is 403 g/mol. The van der Waals surface area contributed by atoms with Crippen LogP contribution >= 0.6 is 11.6 Å². The van der Waals surface area contributed by atoms with Crippen LogP contribution in [0.4, 0.5) is 10.1 Å². The van der Waals surface area contributed by atoms with E-state index in [1.807, 2.05) is 13.0 Å². The fourth-order valence-corrected chi connectivity index (χ4v) is 3.70. The van der Waals surface area contributed by atoms with E-state index in [4.69, 9.17) is 11.6 Å². The number of carbonyl (C=O) groups excluding carboxylic acids is 1. The lowest BCUT2D eigenvalue weighted by Crippen LogP contribution is -2.25. The molecule has 2 aromatic rings. The van der Waals surface area contributed by atoms with Crippen LogP contribution in [-0.2, 0) is 19.4 Å². The molecule has 3 N–H and O–H groups in total. The molecule has 1 aliphatic heterocycles. The van der Waals surface area contributed by atoms with Crippen LogP contribution in [0.1, 0.15) is 46.8 Å². The molecule has 0 atom stereocenters. The third-order valence-corrected chi connectivity index (χ3v) is 5.36. The third kappa shape index (κ3) is 5.03. The SMILES string of the molecule is CCCCNC(=O)c1ccc(CNc2c(Cl)ccc3c2CCNCC3)cc1F. The first-order chi connectivity index (χ1) is 13.6. The molecule has 0 spiro atoms. The van der Waals surface area contributed by atoms with E-state index in [2.05, 4.69) is 22.0 Å². The van der Waals surface area contributed by atoms with E-state index in [-0.39, 0.29) is 11.5 Å². The summed E-state index contributed by atoms with van der Waals surface area (Å²) >= 11 is 6.43. The van der Waals surface area contributed by atoms with Gasteiger partial charge in [-0.25, -0.2) is 4.39 Å². The highest BCUT2D eigenvalue weighted by Gasteiger charge is 2.16. The van der Waals surface area contributed by atoms with Crippen molar-refractivity contribution in [1.29, 1.82) is 0 Å². The minimum Gasteiger partial charge on any atom is -0.380 e. The Kier molecular flexibility index (Phi) is 7.29.